The van der Waals surface area contributed by atoms with Gasteiger partial charge in [0.1, 0.15) is 11.6 Å². The zero-order valence-corrected chi connectivity index (χ0v) is 28.3. The molecule has 2 amide bonds. The molecule has 12 nitrogen and oxygen atoms in total. The van der Waals surface area contributed by atoms with Crippen molar-refractivity contribution in [2.45, 2.75) is 6.42 Å². The van der Waals surface area contributed by atoms with Gasteiger partial charge in [0.15, 0.2) is 10.2 Å². The number of benzene rings is 2. The Kier molecular flexibility index (Phi) is 11.4. The van der Waals surface area contributed by atoms with Gasteiger partial charge in [0.2, 0.25) is 11.8 Å². The third-order valence-electron chi connectivity index (χ3n) is 9.16. The van der Waals surface area contributed by atoms with Crippen molar-refractivity contribution in [2.75, 3.05) is 51.0 Å². The summed E-state index contributed by atoms with van der Waals surface area (Å²) in [6, 6.07) is 11.4. The van der Waals surface area contributed by atoms with Gasteiger partial charge in [0, 0.05) is 49.4 Å². The van der Waals surface area contributed by atoms with Crippen LogP contribution < -0.4 is 31.9 Å². The minimum atomic E-state index is -0.774. The Morgan fingerprint density at radius 3 is 1.33 bits per heavy atom. The number of nitrogens with one attached hydrogen (secondary N) is 6. The highest BCUT2D eigenvalue weighted by atomic mass is 32.1. The van der Waals surface area contributed by atoms with Crippen LogP contribution in [0.3, 0.4) is 0 Å². The molecular formula is C33H36F2N6O6S2. The lowest BCUT2D eigenvalue weighted by Gasteiger charge is -2.47. The Hall–Kier alpha value is -4.70. The van der Waals surface area contributed by atoms with Crippen LogP contribution in [0.1, 0.15) is 6.42 Å². The highest BCUT2D eigenvalue weighted by molar-refractivity contribution is 7.80. The predicted molar refractivity (Wildman–Crippen MR) is 184 cm³/mol. The van der Waals surface area contributed by atoms with Crippen molar-refractivity contribution in [3.8, 4) is 0 Å². The summed E-state index contributed by atoms with van der Waals surface area (Å²) in [6.45, 7) is 0.880. The second-order valence-electron chi connectivity index (χ2n) is 11.8. The van der Waals surface area contributed by atoms with Gasteiger partial charge >= 0.3 is 11.9 Å². The molecule has 6 atom stereocenters. The molecule has 49 heavy (non-hydrogen) atoms. The third-order valence-corrected chi connectivity index (χ3v) is 9.65. The molecule has 16 heteroatoms. The van der Waals surface area contributed by atoms with Gasteiger partial charge < -0.3 is 41.4 Å². The summed E-state index contributed by atoms with van der Waals surface area (Å²) < 4.78 is 36.3. The lowest BCUT2D eigenvalue weighted by molar-refractivity contribution is -0.146. The second kappa shape index (κ2) is 15.7. The van der Waals surface area contributed by atoms with Crippen molar-refractivity contribution >= 4 is 69.8 Å². The number of hydrogen-bond acceptors (Lipinski definition) is 8. The van der Waals surface area contributed by atoms with Gasteiger partial charge in [-0.3, -0.25) is 9.59 Å². The minimum absolute atomic E-state index is 0.177. The molecule has 3 aliphatic rings. The van der Waals surface area contributed by atoms with Crippen LogP contribution in [0.2, 0.25) is 0 Å². The van der Waals surface area contributed by atoms with E-state index < -0.39 is 35.6 Å². The first-order valence-corrected chi connectivity index (χ1v) is 16.4. The van der Waals surface area contributed by atoms with Crippen LogP contribution in [-0.4, -0.2) is 74.4 Å². The van der Waals surface area contributed by atoms with Gasteiger partial charge in [-0.2, -0.15) is 0 Å². The molecule has 0 aliphatic heterocycles. The third kappa shape index (κ3) is 7.80. The monoisotopic (exact) mass is 714 g/mol. The fourth-order valence-corrected chi connectivity index (χ4v) is 7.71. The topological polar surface area (TPSA) is 159 Å². The number of carbonyl (C=O) groups excluding carboxylic acids is 4. The lowest BCUT2D eigenvalue weighted by atomic mass is 9.55. The SMILES string of the molecule is COC(=O)C1=C(C(=O)OC)[C@H]2[C@H]3C[C@H]([C@@H](C(=O)NCCNC(=S)Nc4ccc(F)cc4)[C@H]3C(=O)NCCNC(=S)Nc3ccc(F)cc3)[C@@H]12. The van der Waals surface area contributed by atoms with Crippen LogP contribution >= 0.6 is 24.4 Å². The summed E-state index contributed by atoms with van der Waals surface area (Å²) >= 11 is 10.6. The fourth-order valence-electron chi connectivity index (χ4n) is 7.27. The molecular weight excluding hydrogens is 679 g/mol. The molecule has 0 spiro atoms. The number of methoxy groups -OCH3 is 2. The molecule has 0 radical (unpaired) electrons. The van der Waals surface area contributed by atoms with Gasteiger partial charge in [0.05, 0.1) is 37.2 Å². The second-order valence-corrected chi connectivity index (χ2v) is 12.7. The van der Waals surface area contributed by atoms with E-state index in [4.69, 9.17) is 33.9 Å². The Bertz CT molecular complexity index is 1540. The van der Waals surface area contributed by atoms with Crippen molar-refractivity contribution < 1.29 is 37.4 Å². The molecule has 2 aromatic carbocycles. The smallest absolute Gasteiger partial charge is 0.334 e. The standard InChI is InChI=1S/C33H36F2N6O6S2/c1-46-30(44)26-22-20-15-21(23(22)27(26)31(45)47-2)25(29(43)37-12-14-39-33(49)41-19-9-5-17(35)6-10-19)24(20)28(42)36-11-13-38-32(48)40-18-7-3-16(34)4-8-18/h3-10,20-25H,11-15H2,1-2H3,(H,36,42)(H,37,43)(H2,38,40,48)(H2,39,41,49)/t20-,21+,22+,23-,24+,25-. The molecule has 2 bridgehead atoms. The quantitative estimate of drug-likeness (QED) is 0.108. The molecule has 2 aromatic rings. The zero-order valence-electron chi connectivity index (χ0n) is 26.6. The van der Waals surface area contributed by atoms with E-state index in [1.54, 1.807) is 0 Å². The maximum Gasteiger partial charge on any atom is 0.334 e. The molecule has 3 aliphatic carbocycles. The Labute approximate surface area is 292 Å². The number of esters is 2. The average Bonchev–Trinajstić information content (AvgIpc) is 3.59. The highest BCUT2D eigenvalue weighted by Crippen LogP contribution is 2.67. The van der Waals surface area contributed by atoms with E-state index in [1.165, 1.54) is 62.8 Å². The molecule has 0 saturated heterocycles. The Morgan fingerprint density at radius 2 is 0.980 bits per heavy atom. The molecule has 6 N–H and O–H groups in total. The van der Waals surface area contributed by atoms with Gasteiger partial charge in [-0.15, -0.1) is 0 Å². The number of halogens is 2. The molecule has 2 fully saturated rings. The van der Waals surface area contributed by atoms with Crippen molar-refractivity contribution in [2.24, 2.45) is 35.5 Å². The molecule has 2 saturated carbocycles. The highest BCUT2D eigenvalue weighted by Gasteiger charge is 2.69. The fraction of sp³-hybridized carbons (Fsp3) is 0.394. The van der Waals surface area contributed by atoms with Crippen LogP contribution in [0.25, 0.3) is 0 Å². The summed E-state index contributed by atoms with van der Waals surface area (Å²) in [5, 5.41) is 18.1. The zero-order chi connectivity index (χ0) is 35.2. The van der Waals surface area contributed by atoms with Crippen molar-refractivity contribution in [1.82, 2.24) is 21.3 Å². The van der Waals surface area contributed by atoms with E-state index in [0.29, 0.717) is 17.8 Å². The van der Waals surface area contributed by atoms with Crippen LogP contribution in [-0.2, 0) is 28.7 Å². The van der Waals surface area contributed by atoms with E-state index in [2.05, 4.69) is 31.9 Å². The maximum absolute atomic E-state index is 13.7. The lowest BCUT2D eigenvalue weighted by Crippen LogP contribution is -2.55. The van der Waals surface area contributed by atoms with Crippen LogP contribution in [0.4, 0.5) is 20.2 Å². The molecule has 0 aromatic heterocycles. The number of anilines is 2. The van der Waals surface area contributed by atoms with Gasteiger partial charge in [-0.1, -0.05) is 0 Å². The Balaban J connectivity index is 1.22. The number of amides is 2. The molecule has 0 unspecified atom stereocenters. The van der Waals surface area contributed by atoms with Gasteiger partial charge in [-0.25, -0.2) is 18.4 Å². The minimum Gasteiger partial charge on any atom is -0.466 e. The maximum atomic E-state index is 13.7. The molecule has 5 rings (SSSR count). The number of ether oxygens (including phenoxy) is 2. The summed E-state index contributed by atoms with van der Waals surface area (Å²) in [5.74, 6) is -5.93. The number of hydrogen-bond donors (Lipinski definition) is 6. The number of rotatable bonds is 12. The van der Waals surface area contributed by atoms with E-state index in [1.807, 2.05) is 0 Å². The number of thiocarbonyl (C=S) groups is 2. The van der Waals surface area contributed by atoms with Gasteiger partial charge in [0.25, 0.3) is 0 Å². The van der Waals surface area contributed by atoms with E-state index >= 15 is 0 Å². The first kappa shape index (κ1) is 35.6. The molecule has 0 heterocycles. The predicted octanol–water partition coefficient (Wildman–Crippen LogP) is 2.24. The van der Waals surface area contributed by atoms with Crippen molar-refractivity contribution in [1.29, 1.82) is 0 Å². The largest absolute Gasteiger partial charge is 0.466 e. The number of fused-ring (bicyclic) bond motifs is 5. The Morgan fingerprint density at radius 1 is 0.633 bits per heavy atom. The normalized spacial score (nSPS) is 22.9. The first-order chi connectivity index (χ1) is 23.5. The van der Waals surface area contributed by atoms with E-state index in [0.717, 1.165) is 0 Å². The summed E-state index contributed by atoms with van der Waals surface area (Å²) in [4.78, 5) is 53.0. The van der Waals surface area contributed by atoms with E-state index in [-0.39, 0.29) is 82.8 Å². The van der Waals surface area contributed by atoms with Crippen LogP contribution in [0.15, 0.2) is 59.7 Å². The first-order valence-electron chi connectivity index (χ1n) is 15.6. The van der Waals surface area contributed by atoms with Gasteiger partial charge in [-0.05, 0) is 91.2 Å². The van der Waals surface area contributed by atoms with Crippen LogP contribution in [0, 0.1) is 47.1 Å². The van der Waals surface area contributed by atoms with Crippen molar-refractivity contribution in [3.63, 3.8) is 0 Å². The van der Waals surface area contributed by atoms with Crippen LogP contribution in [0.5, 0.6) is 0 Å². The summed E-state index contributed by atoms with van der Waals surface area (Å²) in [6.07, 6.45) is 0.459. The summed E-state index contributed by atoms with van der Waals surface area (Å²) in [5.41, 5.74) is 1.59. The number of carbonyl (C=O) groups is 4. The average molecular weight is 715 g/mol. The molecule has 260 valence electrons. The van der Waals surface area contributed by atoms with Crippen molar-refractivity contribution in [3.05, 3.63) is 71.3 Å². The van der Waals surface area contributed by atoms with E-state index in [9.17, 15) is 28.0 Å². The summed E-state index contributed by atoms with van der Waals surface area (Å²) in [7, 11) is 2.45.